The van der Waals surface area contributed by atoms with E-state index in [0.29, 0.717) is 0 Å². The largest absolute Gasteiger partial charge is 0.385 e. The Balaban J connectivity index is 2.04. The molecule has 0 unspecified atom stereocenters. The molecule has 0 heterocycles. The lowest BCUT2D eigenvalue weighted by atomic mass is 10.1. The van der Waals surface area contributed by atoms with E-state index >= 15 is 0 Å². The van der Waals surface area contributed by atoms with Gasteiger partial charge in [-0.15, -0.1) is 11.8 Å². The molecule has 0 aromatic heterocycles. The van der Waals surface area contributed by atoms with Crippen LogP contribution in [0.25, 0.3) is 0 Å². The Hall–Kier alpha value is -1.23. The van der Waals surface area contributed by atoms with Crippen molar-refractivity contribution < 1.29 is 4.92 Å². The average molecular weight is 294 g/mol. The number of nitro groups is 1. The molecule has 4 nitrogen and oxygen atoms in total. The fraction of sp³-hybridized carbons (Fsp3) is 0.600. The van der Waals surface area contributed by atoms with Gasteiger partial charge in [0.2, 0.25) is 0 Å². The molecule has 110 valence electrons. The van der Waals surface area contributed by atoms with E-state index in [4.69, 9.17) is 0 Å². The Bertz CT molecular complexity index is 459. The molecule has 2 rings (SSSR count). The first-order valence-corrected chi connectivity index (χ1v) is 8.33. The minimum atomic E-state index is -0.309. The predicted molar refractivity (Wildman–Crippen MR) is 84.6 cm³/mol. The molecule has 5 heteroatoms. The van der Waals surface area contributed by atoms with E-state index in [9.17, 15) is 10.1 Å². The summed E-state index contributed by atoms with van der Waals surface area (Å²) in [5.74, 6) is 1.86. The van der Waals surface area contributed by atoms with Gasteiger partial charge in [0.15, 0.2) is 0 Å². The van der Waals surface area contributed by atoms with Crippen molar-refractivity contribution in [3.63, 3.8) is 0 Å². The average Bonchev–Trinajstić information content (AvgIpc) is 2.96. The maximum absolute atomic E-state index is 11.0. The molecule has 0 radical (unpaired) electrons. The highest BCUT2D eigenvalue weighted by Crippen LogP contribution is 2.33. The monoisotopic (exact) mass is 294 g/mol. The first-order valence-electron chi connectivity index (χ1n) is 7.35. The summed E-state index contributed by atoms with van der Waals surface area (Å²) in [6.45, 7) is 2.92. The van der Waals surface area contributed by atoms with Gasteiger partial charge in [-0.05, 0) is 31.2 Å². The van der Waals surface area contributed by atoms with Crippen molar-refractivity contribution in [2.45, 2.75) is 43.9 Å². The van der Waals surface area contributed by atoms with E-state index in [2.05, 4.69) is 12.2 Å². The first-order chi connectivity index (χ1) is 9.69. The third-order valence-corrected chi connectivity index (χ3v) is 4.85. The van der Waals surface area contributed by atoms with Crippen molar-refractivity contribution in [2.24, 2.45) is 5.92 Å². The molecule has 1 saturated carbocycles. The van der Waals surface area contributed by atoms with Crippen molar-refractivity contribution in [1.29, 1.82) is 0 Å². The summed E-state index contributed by atoms with van der Waals surface area (Å²) in [4.78, 5) is 11.7. The topological polar surface area (TPSA) is 55.2 Å². The van der Waals surface area contributed by atoms with Crippen LogP contribution < -0.4 is 5.32 Å². The Labute approximate surface area is 124 Å². The Morgan fingerprint density at radius 3 is 2.75 bits per heavy atom. The van der Waals surface area contributed by atoms with Gasteiger partial charge in [-0.3, -0.25) is 10.1 Å². The van der Waals surface area contributed by atoms with Crippen molar-refractivity contribution in [3.05, 3.63) is 28.3 Å². The van der Waals surface area contributed by atoms with Crippen LogP contribution in [-0.2, 0) is 0 Å². The van der Waals surface area contributed by atoms with Gasteiger partial charge in [0.05, 0.1) is 4.92 Å². The molecule has 1 N–H and O–H groups in total. The molecule has 0 bridgehead atoms. The summed E-state index contributed by atoms with van der Waals surface area (Å²) in [6, 6.07) is 5.34. The van der Waals surface area contributed by atoms with Gasteiger partial charge in [0, 0.05) is 35.0 Å². The number of hydrogen-bond donors (Lipinski definition) is 1. The molecular weight excluding hydrogens is 272 g/mol. The predicted octanol–water partition coefficient (Wildman–Crippen LogP) is 4.70. The Kier molecular flexibility index (Phi) is 5.71. The lowest BCUT2D eigenvalue weighted by Gasteiger charge is -2.10. The van der Waals surface area contributed by atoms with Gasteiger partial charge in [-0.1, -0.05) is 19.8 Å². The first kappa shape index (κ1) is 15.2. The second-order valence-electron chi connectivity index (χ2n) is 5.36. The zero-order valence-corrected chi connectivity index (χ0v) is 12.7. The number of non-ortho nitro benzene ring substituents is 1. The summed E-state index contributed by atoms with van der Waals surface area (Å²) in [7, 11) is 0. The molecule has 1 aromatic carbocycles. The molecule has 1 aromatic rings. The molecule has 20 heavy (non-hydrogen) atoms. The Morgan fingerprint density at radius 2 is 2.10 bits per heavy atom. The molecule has 0 aliphatic heterocycles. The van der Waals surface area contributed by atoms with E-state index in [0.717, 1.165) is 35.2 Å². The highest BCUT2D eigenvalue weighted by molar-refractivity contribution is 7.99. The van der Waals surface area contributed by atoms with Gasteiger partial charge in [0.1, 0.15) is 0 Å². The maximum atomic E-state index is 11.0. The summed E-state index contributed by atoms with van der Waals surface area (Å²) >= 11 is 1.75. The zero-order valence-electron chi connectivity index (χ0n) is 11.9. The van der Waals surface area contributed by atoms with E-state index in [1.165, 1.54) is 25.7 Å². The molecule has 1 fully saturated rings. The van der Waals surface area contributed by atoms with Crippen LogP contribution in [0.3, 0.4) is 0 Å². The lowest BCUT2D eigenvalue weighted by Crippen LogP contribution is -2.01. The van der Waals surface area contributed by atoms with Gasteiger partial charge in [0.25, 0.3) is 5.69 Å². The number of anilines is 1. The van der Waals surface area contributed by atoms with Crippen molar-refractivity contribution in [1.82, 2.24) is 0 Å². The van der Waals surface area contributed by atoms with E-state index in [-0.39, 0.29) is 10.6 Å². The molecule has 0 amide bonds. The smallest absolute Gasteiger partial charge is 0.272 e. The highest BCUT2D eigenvalue weighted by Gasteiger charge is 2.16. The molecule has 0 spiro atoms. The quantitative estimate of drug-likeness (QED) is 0.450. The fourth-order valence-corrected chi connectivity index (χ4v) is 3.71. The number of benzene rings is 1. The van der Waals surface area contributed by atoms with Crippen LogP contribution >= 0.6 is 11.8 Å². The second kappa shape index (κ2) is 7.53. The van der Waals surface area contributed by atoms with Gasteiger partial charge >= 0.3 is 0 Å². The molecular formula is C15H22N2O2S. The third-order valence-electron chi connectivity index (χ3n) is 3.64. The van der Waals surface area contributed by atoms with Crippen molar-refractivity contribution in [3.8, 4) is 0 Å². The normalized spacial score (nSPS) is 15.4. The SMILES string of the molecule is CCCNc1cc(SCC2CCCC2)cc([N+](=O)[O-])c1. The zero-order chi connectivity index (χ0) is 14.4. The van der Waals surface area contributed by atoms with Crippen LogP contribution in [0.2, 0.25) is 0 Å². The van der Waals surface area contributed by atoms with E-state index in [1.54, 1.807) is 23.9 Å². The summed E-state index contributed by atoms with van der Waals surface area (Å²) in [5, 5.41) is 14.2. The molecule has 0 saturated heterocycles. The lowest BCUT2D eigenvalue weighted by molar-refractivity contribution is -0.385. The van der Waals surface area contributed by atoms with Crippen LogP contribution in [0.15, 0.2) is 23.1 Å². The molecule has 1 aliphatic rings. The standard InChI is InChI=1S/C15H22N2O2S/c1-2-7-16-13-8-14(17(18)19)10-15(9-13)20-11-12-5-3-4-6-12/h8-10,12,16H,2-7,11H2,1H3. The highest BCUT2D eigenvalue weighted by atomic mass is 32.2. The van der Waals surface area contributed by atoms with Crippen LogP contribution in [0.5, 0.6) is 0 Å². The van der Waals surface area contributed by atoms with E-state index < -0.39 is 0 Å². The molecule has 0 atom stereocenters. The molecule has 1 aliphatic carbocycles. The number of rotatable bonds is 7. The second-order valence-corrected chi connectivity index (χ2v) is 6.45. The summed E-state index contributed by atoms with van der Waals surface area (Å²) in [5.41, 5.74) is 1.04. The van der Waals surface area contributed by atoms with Crippen LogP contribution in [0.4, 0.5) is 11.4 Å². The van der Waals surface area contributed by atoms with Gasteiger partial charge in [-0.2, -0.15) is 0 Å². The van der Waals surface area contributed by atoms with Gasteiger partial charge in [-0.25, -0.2) is 0 Å². The van der Waals surface area contributed by atoms with Crippen molar-refractivity contribution >= 4 is 23.1 Å². The Morgan fingerprint density at radius 1 is 1.35 bits per heavy atom. The number of hydrogen-bond acceptors (Lipinski definition) is 4. The van der Waals surface area contributed by atoms with Gasteiger partial charge < -0.3 is 5.32 Å². The summed E-state index contributed by atoms with van der Waals surface area (Å²) in [6.07, 6.45) is 6.30. The minimum absolute atomic E-state index is 0.181. The summed E-state index contributed by atoms with van der Waals surface area (Å²) < 4.78 is 0. The number of nitrogens with zero attached hydrogens (tertiary/aromatic N) is 1. The number of nitrogens with one attached hydrogen (secondary N) is 1. The maximum Gasteiger partial charge on any atom is 0.272 e. The number of nitro benzene ring substituents is 1. The van der Waals surface area contributed by atoms with E-state index in [1.807, 2.05) is 6.07 Å². The van der Waals surface area contributed by atoms with Crippen LogP contribution in [-0.4, -0.2) is 17.2 Å². The fourth-order valence-electron chi connectivity index (χ4n) is 2.53. The third kappa shape index (κ3) is 4.40. The van der Waals surface area contributed by atoms with Crippen molar-refractivity contribution in [2.75, 3.05) is 17.6 Å². The minimum Gasteiger partial charge on any atom is -0.385 e. The van der Waals surface area contributed by atoms with Crippen LogP contribution in [0.1, 0.15) is 39.0 Å². The number of thioether (sulfide) groups is 1. The van der Waals surface area contributed by atoms with Crippen LogP contribution in [0, 0.1) is 16.0 Å².